The van der Waals surface area contributed by atoms with Crippen LogP contribution in [0.5, 0.6) is 0 Å². The summed E-state index contributed by atoms with van der Waals surface area (Å²) >= 11 is 1.36. The van der Waals surface area contributed by atoms with E-state index in [2.05, 4.69) is 36.4 Å². The topological polar surface area (TPSA) is 85.3 Å². The molecule has 2 aromatic heterocycles. The molecule has 224 valence electrons. The van der Waals surface area contributed by atoms with Crippen LogP contribution >= 0.6 is 11.3 Å². The lowest BCUT2D eigenvalue weighted by Gasteiger charge is -2.12. The van der Waals surface area contributed by atoms with Gasteiger partial charge in [0.15, 0.2) is 5.13 Å². The first kappa shape index (κ1) is 37.0. The smallest absolute Gasteiger partial charge is 0.253 e. The molecule has 0 saturated heterocycles. The SMILES string of the molecule is CC.CC.CCCOCCC(C)CC.Cc1cccc(-c2csc(NC(=O)C(C)NC(=O)c3ccn(C)c3)n2)c1. The van der Waals surface area contributed by atoms with E-state index < -0.39 is 6.04 Å². The van der Waals surface area contributed by atoms with Crippen molar-refractivity contribution < 1.29 is 14.3 Å². The quantitative estimate of drug-likeness (QED) is 0.227. The van der Waals surface area contributed by atoms with Gasteiger partial charge in [0.25, 0.3) is 5.91 Å². The molecule has 2 unspecified atom stereocenters. The second-order valence-electron chi connectivity index (χ2n) is 9.07. The molecule has 0 fully saturated rings. The minimum absolute atomic E-state index is 0.284. The van der Waals surface area contributed by atoms with Crippen molar-refractivity contribution in [1.82, 2.24) is 14.9 Å². The number of aryl methyl sites for hydroxylation is 2. The molecule has 2 atom stereocenters. The number of anilines is 1. The van der Waals surface area contributed by atoms with Crippen molar-refractivity contribution in [2.45, 2.75) is 87.6 Å². The van der Waals surface area contributed by atoms with E-state index in [4.69, 9.17) is 4.74 Å². The average Bonchev–Trinajstić information content (AvgIpc) is 3.62. The normalized spacial score (nSPS) is 11.3. The second-order valence-corrected chi connectivity index (χ2v) is 9.93. The highest BCUT2D eigenvalue weighted by molar-refractivity contribution is 7.14. The molecule has 7 nitrogen and oxygen atoms in total. The summed E-state index contributed by atoms with van der Waals surface area (Å²) in [5.74, 6) is 0.240. The largest absolute Gasteiger partial charge is 0.381 e. The van der Waals surface area contributed by atoms with E-state index in [1.165, 1.54) is 24.2 Å². The third-order valence-corrected chi connectivity index (χ3v) is 6.44. The number of nitrogens with zero attached hydrogens (tertiary/aromatic N) is 2. The Morgan fingerprint density at radius 1 is 1.07 bits per heavy atom. The Morgan fingerprint density at radius 2 is 1.77 bits per heavy atom. The number of ether oxygens (including phenoxy) is 1. The van der Waals surface area contributed by atoms with Crippen LogP contribution in [-0.4, -0.2) is 40.6 Å². The molecule has 0 aliphatic rings. The maximum absolute atomic E-state index is 12.3. The van der Waals surface area contributed by atoms with E-state index in [1.54, 1.807) is 30.0 Å². The van der Waals surface area contributed by atoms with Gasteiger partial charge >= 0.3 is 0 Å². The number of benzene rings is 1. The van der Waals surface area contributed by atoms with Crippen molar-refractivity contribution in [3.05, 3.63) is 59.2 Å². The molecule has 0 spiro atoms. The first-order valence-electron chi connectivity index (χ1n) is 14.6. The lowest BCUT2D eigenvalue weighted by molar-refractivity contribution is -0.117. The Labute approximate surface area is 246 Å². The van der Waals surface area contributed by atoms with E-state index >= 15 is 0 Å². The fraction of sp³-hybridized carbons (Fsp3) is 0.531. The number of nitrogens with one attached hydrogen (secondary N) is 2. The zero-order chi connectivity index (χ0) is 30.5. The van der Waals surface area contributed by atoms with Gasteiger partial charge in [-0.25, -0.2) is 4.98 Å². The summed E-state index contributed by atoms with van der Waals surface area (Å²) in [5.41, 5.74) is 3.49. The molecule has 1 aromatic carbocycles. The molecule has 3 rings (SSSR count). The van der Waals surface area contributed by atoms with Crippen LogP contribution in [0.4, 0.5) is 5.13 Å². The molecular weight excluding hydrogens is 520 g/mol. The van der Waals surface area contributed by atoms with Crippen LogP contribution in [0.15, 0.2) is 48.1 Å². The van der Waals surface area contributed by atoms with Crippen molar-refractivity contribution in [2.75, 3.05) is 18.5 Å². The molecular formula is C32H52N4O3S. The highest BCUT2D eigenvalue weighted by Gasteiger charge is 2.18. The number of thiazole rings is 1. The Kier molecular flexibility index (Phi) is 20.2. The second kappa shape index (κ2) is 21.8. The van der Waals surface area contributed by atoms with Crippen LogP contribution in [0, 0.1) is 12.8 Å². The van der Waals surface area contributed by atoms with Gasteiger partial charge in [-0.2, -0.15) is 0 Å². The number of rotatable bonds is 11. The molecule has 40 heavy (non-hydrogen) atoms. The van der Waals surface area contributed by atoms with Crippen molar-refractivity contribution in [2.24, 2.45) is 13.0 Å². The number of amides is 2. The van der Waals surface area contributed by atoms with Gasteiger partial charge in [-0.3, -0.25) is 9.59 Å². The van der Waals surface area contributed by atoms with Gasteiger partial charge in [-0.15, -0.1) is 11.3 Å². The van der Waals surface area contributed by atoms with E-state index in [-0.39, 0.29) is 11.8 Å². The van der Waals surface area contributed by atoms with Crippen LogP contribution < -0.4 is 10.6 Å². The molecule has 0 bridgehead atoms. The molecule has 2 N–H and O–H groups in total. The number of carbonyl (C=O) groups is 2. The van der Waals surface area contributed by atoms with Gasteiger partial charge in [0.05, 0.1) is 11.3 Å². The Balaban J connectivity index is 0.000000918. The molecule has 0 saturated carbocycles. The minimum Gasteiger partial charge on any atom is -0.381 e. The predicted octanol–water partition coefficient (Wildman–Crippen LogP) is 8.12. The minimum atomic E-state index is -0.672. The maximum atomic E-state index is 12.3. The summed E-state index contributed by atoms with van der Waals surface area (Å²) < 4.78 is 7.14. The van der Waals surface area contributed by atoms with Gasteiger partial charge < -0.3 is 19.9 Å². The molecule has 2 amide bonds. The highest BCUT2D eigenvalue weighted by atomic mass is 32.1. The van der Waals surface area contributed by atoms with Crippen molar-refractivity contribution in [3.63, 3.8) is 0 Å². The summed E-state index contributed by atoms with van der Waals surface area (Å²) in [6.07, 6.45) is 7.11. The monoisotopic (exact) mass is 572 g/mol. The first-order valence-corrected chi connectivity index (χ1v) is 15.4. The number of hydrogen-bond acceptors (Lipinski definition) is 5. The lowest BCUT2D eigenvalue weighted by Crippen LogP contribution is -2.41. The van der Waals surface area contributed by atoms with E-state index in [1.807, 2.05) is 71.3 Å². The van der Waals surface area contributed by atoms with Gasteiger partial charge in [0, 0.05) is 43.6 Å². The molecule has 8 heteroatoms. The fourth-order valence-corrected chi connectivity index (χ4v) is 3.92. The fourth-order valence-electron chi connectivity index (χ4n) is 3.20. The van der Waals surface area contributed by atoms with Gasteiger partial charge in [-0.1, -0.05) is 78.6 Å². The van der Waals surface area contributed by atoms with Gasteiger partial charge in [0.2, 0.25) is 5.91 Å². The van der Waals surface area contributed by atoms with E-state index in [0.717, 1.165) is 42.4 Å². The van der Waals surface area contributed by atoms with Gasteiger partial charge in [-0.05, 0) is 44.7 Å². The zero-order valence-electron chi connectivity index (χ0n) is 26.3. The van der Waals surface area contributed by atoms with Crippen LogP contribution in [-0.2, 0) is 16.6 Å². The third-order valence-electron chi connectivity index (χ3n) is 5.68. The standard InChI is InChI=1S/C19H20N4O2S.C9H20O.2C2H6/c1-12-5-4-6-14(9-12)16-11-26-19(21-16)22-17(24)13(2)20-18(25)15-7-8-23(3)10-15;1-4-7-10-8-6-9(3)5-2;2*1-2/h4-11,13H,1-3H3,(H,20,25)(H,21,22,24);9H,4-8H2,1-3H3;2*1-2H3. The average molecular weight is 573 g/mol. The maximum Gasteiger partial charge on any atom is 0.253 e. The van der Waals surface area contributed by atoms with Crippen LogP contribution in [0.2, 0.25) is 0 Å². The molecule has 0 aliphatic heterocycles. The van der Waals surface area contributed by atoms with Crippen LogP contribution in [0.3, 0.4) is 0 Å². The number of carbonyl (C=O) groups excluding carboxylic acids is 2. The zero-order valence-corrected chi connectivity index (χ0v) is 27.2. The van der Waals surface area contributed by atoms with Crippen molar-refractivity contribution in [3.8, 4) is 11.3 Å². The molecule has 0 aliphatic carbocycles. The molecule has 3 aromatic rings. The van der Waals surface area contributed by atoms with E-state index in [0.29, 0.717) is 10.7 Å². The van der Waals surface area contributed by atoms with Crippen molar-refractivity contribution >= 4 is 28.3 Å². The van der Waals surface area contributed by atoms with Crippen molar-refractivity contribution in [1.29, 1.82) is 0 Å². The van der Waals surface area contributed by atoms with E-state index in [9.17, 15) is 9.59 Å². The number of hydrogen-bond donors (Lipinski definition) is 2. The Morgan fingerprint density at radius 3 is 2.35 bits per heavy atom. The summed E-state index contributed by atoms with van der Waals surface area (Å²) in [5, 5.41) is 7.85. The summed E-state index contributed by atoms with van der Waals surface area (Å²) in [4.78, 5) is 28.9. The first-order chi connectivity index (χ1) is 19.2. The Bertz CT molecular complexity index is 1090. The summed E-state index contributed by atoms with van der Waals surface area (Å²) in [7, 11) is 1.83. The molecule has 0 radical (unpaired) electrons. The number of aromatic nitrogens is 2. The van der Waals surface area contributed by atoms with Crippen LogP contribution in [0.25, 0.3) is 11.3 Å². The van der Waals surface area contributed by atoms with Gasteiger partial charge in [0.1, 0.15) is 6.04 Å². The Hall–Kier alpha value is -2.97. The molecule has 2 heterocycles. The predicted molar refractivity (Wildman–Crippen MR) is 171 cm³/mol. The third kappa shape index (κ3) is 14.4. The van der Waals surface area contributed by atoms with Crippen LogP contribution in [0.1, 0.15) is 90.6 Å². The lowest BCUT2D eigenvalue weighted by atomic mass is 10.1. The highest BCUT2D eigenvalue weighted by Crippen LogP contribution is 2.25. The summed E-state index contributed by atoms with van der Waals surface area (Å²) in [6.45, 7) is 20.2. The summed E-state index contributed by atoms with van der Waals surface area (Å²) in [6, 6.07) is 9.06.